The summed E-state index contributed by atoms with van der Waals surface area (Å²) in [5.74, 6) is -0.0667. The number of hydrogen-bond donors (Lipinski definition) is 0. The summed E-state index contributed by atoms with van der Waals surface area (Å²) >= 11 is 0. The maximum Gasteiger partial charge on any atom is 0.261 e. The molecule has 0 unspecified atom stereocenters. The number of anilines is 6. The third kappa shape index (κ3) is 7.74. The van der Waals surface area contributed by atoms with Crippen molar-refractivity contribution in [3.8, 4) is 0 Å². The van der Waals surface area contributed by atoms with Crippen molar-refractivity contribution < 1.29 is 9.59 Å². The summed E-state index contributed by atoms with van der Waals surface area (Å²) in [4.78, 5) is 39.6. The van der Waals surface area contributed by atoms with Crippen molar-refractivity contribution in [2.24, 2.45) is 0 Å². The van der Waals surface area contributed by atoms with Gasteiger partial charge >= 0.3 is 0 Å². The van der Waals surface area contributed by atoms with Crippen molar-refractivity contribution in [2.75, 3.05) is 9.80 Å². The highest BCUT2D eigenvalue weighted by Gasteiger charge is 2.52. The van der Waals surface area contributed by atoms with E-state index in [0.717, 1.165) is 108 Å². The van der Waals surface area contributed by atoms with Crippen LogP contribution in [0.25, 0.3) is 11.4 Å². The quantitative estimate of drug-likeness (QED) is 0.138. The van der Waals surface area contributed by atoms with E-state index in [4.69, 9.17) is 0 Å². The van der Waals surface area contributed by atoms with Gasteiger partial charge in [0, 0.05) is 46.2 Å². The molecule has 4 aliphatic rings. The first-order valence-corrected chi connectivity index (χ1v) is 23.5. The molecule has 2 heterocycles. The predicted molar refractivity (Wildman–Crippen MR) is 262 cm³/mol. The standard InChI is InChI=1S/C58H58N4O2/c1-39-15-11-23-49(35-39)59(50-24-12-16-40(2)36-50)47-31-27-43(28-32-47)55-53-54(58(64)61(55)45-19-7-5-8-20-45)56(62(57(53)63)46-21-9-6-10-22-46)44-29-33-48(34-30-44)60(51-25-13-17-41(3)37-51)52-26-14-18-42(4)38-52/h11-18,23-38,45-46H,5-10,19-22H2,1-4H3. The fraction of sp³-hybridized carbons (Fsp3) is 0.276. The Labute approximate surface area is 379 Å². The highest BCUT2D eigenvalue weighted by molar-refractivity contribution is 6.30. The van der Waals surface area contributed by atoms with E-state index >= 15 is 9.59 Å². The zero-order valence-corrected chi connectivity index (χ0v) is 37.7. The molecule has 2 saturated carbocycles. The topological polar surface area (TPSA) is 47.1 Å². The second kappa shape index (κ2) is 17.5. The van der Waals surface area contributed by atoms with Crippen LogP contribution in [0.2, 0.25) is 0 Å². The van der Waals surface area contributed by atoms with E-state index in [1.165, 1.54) is 35.1 Å². The molecule has 0 N–H and O–H groups in total. The Morgan fingerprint density at radius 1 is 0.375 bits per heavy atom. The van der Waals surface area contributed by atoms with Gasteiger partial charge in [-0.3, -0.25) is 9.59 Å². The van der Waals surface area contributed by atoms with Crippen LogP contribution in [0, 0.1) is 27.7 Å². The summed E-state index contributed by atoms with van der Waals surface area (Å²) < 4.78 is 0. The molecule has 2 aliphatic carbocycles. The first-order valence-electron chi connectivity index (χ1n) is 23.5. The zero-order valence-electron chi connectivity index (χ0n) is 37.7. The molecule has 0 bridgehead atoms. The van der Waals surface area contributed by atoms with E-state index in [2.05, 4.69) is 183 Å². The summed E-state index contributed by atoms with van der Waals surface area (Å²) in [6.45, 7) is 8.50. The molecule has 0 spiro atoms. The maximum absolute atomic E-state index is 15.5. The Balaban J connectivity index is 1.12. The molecule has 2 aliphatic heterocycles. The minimum Gasteiger partial charge on any atom is -0.310 e. The van der Waals surface area contributed by atoms with Gasteiger partial charge in [-0.05, 0) is 160 Å². The van der Waals surface area contributed by atoms with E-state index in [1.54, 1.807) is 0 Å². The van der Waals surface area contributed by atoms with Crippen molar-refractivity contribution in [3.05, 3.63) is 190 Å². The van der Waals surface area contributed by atoms with Crippen LogP contribution in [0.15, 0.2) is 157 Å². The van der Waals surface area contributed by atoms with Gasteiger partial charge in [0.1, 0.15) is 0 Å². The van der Waals surface area contributed by atoms with Crippen molar-refractivity contribution in [2.45, 2.75) is 104 Å². The van der Waals surface area contributed by atoms with E-state index in [-0.39, 0.29) is 23.9 Å². The third-order valence-electron chi connectivity index (χ3n) is 13.8. The highest BCUT2D eigenvalue weighted by Crippen LogP contribution is 2.51. The number of nitrogens with zero attached hydrogens (tertiary/aromatic N) is 4. The normalized spacial score (nSPS) is 17.1. The molecule has 6 aromatic carbocycles. The summed E-state index contributed by atoms with van der Waals surface area (Å²) in [5, 5.41) is 0. The number of benzene rings is 6. The smallest absolute Gasteiger partial charge is 0.261 e. The molecule has 2 amide bonds. The molecular weight excluding hydrogens is 785 g/mol. The first-order chi connectivity index (χ1) is 31.2. The van der Waals surface area contributed by atoms with Gasteiger partial charge in [-0.25, -0.2) is 0 Å². The molecule has 6 nitrogen and oxygen atoms in total. The number of aryl methyl sites for hydroxylation is 4. The molecule has 0 radical (unpaired) electrons. The minimum absolute atomic E-state index is 0.0333. The molecule has 6 heteroatoms. The molecule has 322 valence electrons. The lowest BCUT2D eigenvalue weighted by Gasteiger charge is -2.36. The Bertz CT molecular complexity index is 2510. The van der Waals surface area contributed by atoms with Crippen molar-refractivity contribution in [1.29, 1.82) is 0 Å². The summed E-state index contributed by atoms with van der Waals surface area (Å²) in [6.07, 6.45) is 10.4. The van der Waals surface area contributed by atoms with Crippen molar-refractivity contribution >= 4 is 57.3 Å². The van der Waals surface area contributed by atoms with E-state index in [9.17, 15) is 0 Å². The number of carbonyl (C=O) groups is 2. The Hall–Kier alpha value is -6.66. The van der Waals surface area contributed by atoms with Crippen molar-refractivity contribution in [3.63, 3.8) is 0 Å². The molecule has 6 aromatic rings. The van der Waals surface area contributed by atoms with Gasteiger partial charge in [0.15, 0.2) is 0 Å². The predicted octanol–water partition coefficient (Wildman–Crippen LogP) is 14.3. The van der Waals surface area contributed by atoms with Gasteiger partial charge in [0.2, 0.25) is 0 Å². The Kier molecular flexibility index (Phi) is 11.3. The lowest BCUT2D eigenvalue weighted by molar-refractivity contribution is -0.126. The van der Waals surface area contributed by atoms with Gasteiger partial charge < -0.3 is 19.6 Å². The molecule has 0 atom stereocenters. The van der Waals surface area contributed by atoms with Crippen LogP contribution in [-0.4, -0.2) is 33.7 Å². The lowest BCUT2D eigenvalue weighted by Crippen LogP contribution is -2.40. The van der Waals surface area contributed by atoms with E-state index in [1.807, 2.05) is 9.80 Å². The fourth-order valence-electron chi connectivity index (χ4n) is 10.8. The maximum atomic E-state index is 15.5. The molecule has 64 heavy (non-hydrogen) atoms. The van der Waals surface area contributed by atoms with Gasteiger partial charge in [-0.1, -0.05) is 111 Å². The second-order valence-electron chi connectivity index (χ2n) is 18.5. The van der Waals surface area contributed by atoms with Gasteiger partial charge in [-0.15, -0.1) is 0 Å². The SMILES string of the molecule is Cc1cccc(N(c2ccc(C3=C4C(=O)N(C5CCCCC5)C(c5ccc(N(c6cccc(C)c6)c6cccc(C)c6)cc5)=C4C(=O)N3C3CCCCC3)cc2)c2cccc(C)c2)c1. The average Bonchev–Trinajstić information content (AvgIpc) is 3.78. The summed E-state index contributed by atoms with van der Waals surface area (Å²) in [6, 6.07) is 51.6. The summed E-state index contributed by atoms with van der Waals surface area (Å²) in [7, 11) is 0. The first kappa shape index (κ1) is 41.4. The van der Waals surface area contributed by atoms with Gasteiger partial charge in [-0.2, -0.15) is 0 Å². The van der Waals surface area contributed by atoms with Crippen molar-refractivity contribution in [1.82, 2.24) is 9.80 Å². The number of fused-ring (bicyclic) bond motifs is 1. The van der Waals surface area contributed by atoms with Crippen LogP contribution in [0.1, 0.15) is 97.6 Å². The van der Waals surface area contributed by atoms with E-state index < -0.39 is 0 Å². The summed E-state index contributed by atoms with van der Waals surface area (Å²) in [5.41, 5.74) is 15.6. The zero-order chi connectivity index (χ0) is 43.9. The van der Waals surface area contributed by atoms with Crippen LogP contribution in [0.3, 0.4) is 0 Å². The van der Waals surface area contributed by atoms with Crippen LogP contribution < -0.4 is 9.80 Å². The van der Waals surface area contributed by atoms with Gasteiger partial charge in [0.05, 0.1) is 22.5 Å². The number of hydrogen-bond acceptors (Lipinski definition) is 4. The van der Waals surface area contributed by atoms with Gasteiger partial charge in [0.25, 0.3) is 11.8 Å². The molecule has 0 aromatic heterocycles. The molecule has 0 saturated heterocycles. The number of amides is 2. The van der Waals surface area contributed by atoms with Crippen LogP contribution in [0.4, 0.5) is 34.1 Å². The lowest BCUT2D eigenvalue weighted by atomic mass is 9.92. The Morgan fingerprint density at radius 3 is 0.953 bits per heavy atom. The molecule has 2 fully saturated rings. The number of carbonyl (C=O) groups excluding carboxylic acids is 2. The van der Waals surface area contributed by atoms with Crippen LogP contribution in [0.5, 0.6) is 0 Å². The van der Waals surface area contributed by atoms with Crippen LogP contribution >= 0.6 is 0 Å². The van der Waals surface area contributed by atoms with Crippen LogP contribution in [-0.2, 0) is 9.59 Å². The second-order valence-corrected chi connectivity index (χ2v) is 18.5. The highest BCUT2D eigenvalue weighted by atomic mass is 16.2. The molecular formula is C58H58N4O2. The minimum atomic E-state index is -0.0333. The van der Waals surface area contributed by atoms with E-state index in [0.29, 0.717) is 11.1 Å². The fourth-order valence-corrected chi connectivity index (χ4v) is 10.8. The monoisotopic (exact) mass is 842 g/mol. The Morgan fingerprint density at radius 2 is 0.672 bits per heavy atom. The largest absolute Gasteiger partial charge is 0.310 e. The third-order valence-corrected chi connectivity index (χ3v) is 13.8. The average molecular weight is 843 g/mol. The number of rotatable bonds is 10. The molecule has 10 rings (SSSR count).